The standard InChI is InChI=1S/C14H10ClN3O2/c15-10-4-1-8(2-5-10)13-16-11-6-3-9(14(19)18-20)7-12(11)17-13/h1-7,20H,(H,16,17)(H,18,19). The molecule has 5 nitrogen and oxygen atoms in total. The van der Waals surface area contributed by atoms with Crippen LogP contribution in [-0.4, -0.2) is 21.1 Å². The lowest BCUT2D eigenvalue weighted by Gasteiger charge is -1.97. The minimum Gasteiger partial charge on any atom is -0.338 e. The Morgan fingerprint density at radius 3 is 2.65 bits per heavy atom. The highest BCUT2D eigenvalue weighted by Crippen LogP contribution is 2.22. The van der Waals surface area contributed by atoms with E-state index in [1.807, 2.05) is 12.1 Å². The Bertz CT molecular complexity index is 781. The first kappa shape index (κ1) is 12.7. The Balaban J connectivity index is 2.06. The van der Waals surface area contributed by atoms with Crippen LogP contribution in [0.4, 0.5) is 0 Å². The van der Waals surface area contributed by atoms with E-state index in [4.69, 9.17) is 16.8 Å². The van der Waals surface area contributed by atoms with E-state index in [9.17, 15) is 4.79 Å². The molecule has 0 aliphatic carbocycles. The van der Waals surface area contributed by atoms with E-state index in [2.05, 4.69) is 9.97 Å². The summed E-state index contributed by atoms with van der Waals surface area (Å²) in [6.07, 6.45) is 0. The molecule has 3 N–H and O–H groups in total. The minimum absolute atomic E-state index is 0.353. The fraction of sp³-hybridized carbons (Fsp3) is 0. The van der Waals surface area contributed by atoms with Crippen molar-refractivity contribution in [3.8, 4) is 11.4 Å². The summed E-state index contributed by atoms with van der Waals surface area (Å²) in [6, 6.07) is 12.2. The van der Waals surface area contributed by atoms with Crippen molar-refractivity contribution in [2.75, 3.05) is 0 Å². The second-order valence-corrected chi connectivity index (χ2v) is 4.70. The molecule has 0 bridgehead atoms. The van der Waals surface area contributed by atoms with Crippen LogP contribution in [0.2, 0.25) is 5.02 Å². The predicted molar refractivity (Wildman–Crippen MR) is 75.8 cm³/mol. The summed E-state index contributed by atoms with van der Waals surface area (Å²) in [7, 11) is 0. The molecule has 1 heterocycles. The Labute approximate surface area is 119 Å². The van der Waals surface area contributed by atoms with Gasteiger partial charge in [-0.05, 0) is 42.5 Å². The van der Waals surface area contributed by atoms with E-state index in [1.54, 1.807) is 35.8 Å². The van der Waals surface area contributed by atoms with Gasteiger partial charge in [0.1, 0.15) is 5.82 Å². The van der Waals surface area contributed by atoms with Crippen molar-refractivity contribution in [2.24, 2.45) is 0 Å². The SMILES string of the molecule is O=C(NO)c1ccc2nc(-c3ccc(Cl)cc3)[nH]c2c1. The number of carbonyl (C=O) groups is 1. The molecule has 2 aromatic carbocycles. The smallest absolute Gasteiger partial charge is 0.274 e. The number of nitrogens with one attached hydrogen (secondary N) is 2. The van der Waals surface area contributed by atoms with Crippen molar-refractivity contribution in [1.82, 2.24) is 15.4 Å². The Kier molecular flexibility index (Phi) is 3.14. The van der Waals surface area contributed by atoms with Gasteiger partial charge in [-0.1, -0.05) is 11.6 Å². The molecule has 3 rings (SSSR count). The Hall–Kier alpha value is -2.37. The number of nitrogens with zero attached hydrogens (tertiary/aromatic N) is 1. The number of rotatable bonds is 2. The third-order valence-electron chi connectivity index (χ3n) is 2.96. The zero-order valence-corrected chi connectivity index (χ0v) is 11.0. The van der Waals surface area contributed by atoms with Gasteiger partial charge in [0.2, 0.25) is 0 Å². The molecule has 0 spiro atoms. The van der Waals surface area contributed by atoms with Crippen LogP contribution in [0, 0.1) is 0 Å². The van der Waals surface area contributed by atoms with Crippen molar-refractivity contribution < 1.29 is 10.0 Å². The van der Waals surface area contributed by atoms with E-state index in [-0.39, 0.29) is 0 Å². The number of benzene rings is 2. The highest BCUT2D eigenvalue weighted by atomic mass is 35.5. The van der Waals surface area contributed by atoms with Crippen molar-refractivity contribution >= 4 is 28.5 Å². The number of hydrogen-bond donors (Lipinski definition) is 3. The summed E-state index contributed by atoms with van der Waals surface area (Å²) in [5, 5.41) is 9.29. The molecule has 6 heteroatoms. The zero-order valence-electron chi connectivity index (χ0n) is 10.2. The number of hydroxylamine groups is 1. The molecule has 100 valence electrons. The average molecular weight is 288 g/mol. The second-order valence-electron chi connectivity index (χ2n) is 4.27. The molecule has 20 heavy (non-hydrogen) atoms. The highest BCUT2D eigenvalue weighted by molar-refractivity contribution is 6.30. The van der Waals surface area contributed by atoms with Crippen molar-refractivity contribution in [1.29, 1.82) is 0 Å². The van der Waals surface area contributed by atoms with E-state index < -0.39 is 5.91 Å². The molecule has 3 aromatic rings. The van der Waals surface area contributed by atoms with Crippen molar-refractivity contribution in [3.05, 3.63) is 53.1 Å². The summed E-state index contributed by atoms with van der Waals surface area (Å²) >= 11 is 5.85. The molecular weight excluding hydrogens is 278 g/mol. The predicted octanol–water partition coefficient (Wildman–Crippen LogP) is 3.00. The van der Waals surface area contributed by atoms with E-state index >= 15 is 0 Å². The van der Waals surface area contributed by atoms with Gasteiger partial charge in [0.05, 0.1) is 11.0 Å². The van der Waals surface area contributed by atoms with Crippen LogP contribution in [0.5, 0.6) is 0 Å². The molecule has 0 unspecified atom stereocenters. The lowest BCUT2D eigenvalue weighted by Crippen LogP contribution is -2.18. The molecule has 0 saturated carbocycles. The van der Waals surface area contributed by atoms with Gasteiger partial charge in [-0.15, -0.1) is 0 Å². The van der Waals surface area contributed by atoms with E-state index in [1.165, 1.54) is 0 Å². The van der Waals surface area contributed by atoms with Crippen LogP contribution in [0.15, 0.2) is 42.5 Å². The number of carbonyl (C=O) groups excluding carboxylic acids is 1. The Morgan fingerprint density at radius 2 is 1.95 bits per heavy atom. The fourth-order valence-electron chi connectivity index (χ4n) is 1.96. The largest absolute Gasteiger partial charge is 0.338 e. The van der Waals surface area contributed by atoms with Crippen LogP contribution in [0.25, 0.3) is 22.4 Å². The molecule has 0 radical (unpaired) electrons. The fourth-order valence-corrected chi connectivity index (χ4v) is 2.09. The minimum atomic E-state index is -0.561. The van der Waals surface area contributed by atoms with Crippen LogP contribution in [0.1, 0.15) is 10.4 Å². The lowest BCUT2D eigenvalue weighted by molar-refractivity contribution is 0.0706. The second kappa shape index (κ2) is 4.96. The molecule has 0 fully saturated rings. The third kappa shape index (κ3) is 2.24. The van der Waals surface area contributed by atoms with Crippen LogP contribution in [-0.2, 0) is 0 Å². The summed E-state index contributed by atoms with van der Waals surface area (Å²) in [4.78, 5) is 18.9. The number of halogens is 1. The van der Waals surface area contributed by atoms with Gasteiger partial charge < -0.3 is 4.98 Å². The van der Waals surface area contributed by atoms with Gasteiger partial charge >= 0.3 is 0 Å². The first-order valence-corrected chi connectivity index (χ1v) is 6.25. The summed E-state index contributed by atoms with van der Waals surface area (Å²) in [6.45, 7) is 0. The number of H-pyrrole nitrogens is 1. The van der Waals surface area contributed by atoms with Gasteiger partial charge in [-0.2, -0.15) is 0 Å². The average Bonchev–Trinajstić information content (AvgIpc) is 2.90. The quantitative estimate of drug-likeness (QED) is 0.501. The molecule has 0 aliphatic rings. The lowest BCUT2D eigenvalue weighted by atomic mass is 10.2. The van der Waals surface area contributed by atoms with Gasteiger partial charge in [0.25, 0.3) is 5.91 Å². The maximum atomic E-state index is 11.4. The molecular formula is C14H10ClN3O2. The molecule has 0 saturated heterocycles. The maximum Gasteiger partial charge on any atom is 0.274 e. The topological polar surface area (TPSA) is 78.0 Å². The monoisotopic (exact) mass is 287 g/mol. The first-order valence-electron chi connectivity index (χ1n) is 5.87. The molecule has 0 aliphatic heterocycles. The molecule has 0 atom stereocenters. The summed E-state index contributed by atoms with van der Waals surface area (Å²) in [5.74, 6) is 0.132. The number of imidazole rings is 1. The molecule has 1 amide bonds. The number of hydrogen-bond acceptors (Lipinski definition) is 3. The number of amides is 1. The summed E-state index contributed by atoms with van der Waals surface area (Å²) in [5.41, 5.74) is 4.32. The van der Waals surface area contributed by atoms with E-state index in [0.29, 0.717) is 16.4 Å². The van der Waals surface area contributed by atoms with Crippen molar-refractivity contribution in [3.63, 3.8) is 0 Å². The van der Waals surface area contributed by atoms with Gasteiger partial charge in [-0.25, -0.2) is 10.5 Å². The van der Waals surface area contributed by atoms with Gasteiger partial charge in [0, 0.05) is 16.1 Å². The normalized spacial score (nSPS) is 10.7. The Morgan fingerprint density at radius 1 is 1.20 bits per heavy atom. The first-order chi connectivity index (χ1) is 9.67. The number of aromatic amines is 1. The van der Waals surface area contributed by atoms with E-state index in [0.717, 1.165) is 16.6 Å². The number of fused-ring (bicyclic) bond motifs is 1. The van der Waals surface area contributed by atoms with Gasteiger partial charge in [0.15, 0.2) is 0 Å². The highest BCUT2D eigenvalue weighted by Gasteiger charge is 2.09. The van der Waals surface area contributed by atoms with Gasteiger partial charge in [-0.3, -0.25) is 10.0 Å². The van der Waals surface area contributed by atoms with Crippen LogP contribution >= 0.6 is 11.6 Å². The van der Waals surface area contributed by atoms with Crippen molar-refractivity contribution in [2.45, 2.75) is 0 Å². The number of aromatic nitrogens is 2. The van der Waals surface area contributed by atoms with Crippen LogP contribution in [0.3, 0.4) is 0 Å². The third-order valence-corrected chi connectivity index (χ3v) is 3.22. The summed E-state index contributed by atoms with van der Waals surface area (Å²) < 4.78 is 0. The zero-order chi connectivity index (χ0) is 14.1. The molecule has 1 aromatic heterocycles. The van der Waals surface area contributed by atoms with Crippen LogP contribution < -0.4 is 5.48 Å². The maximum absolute atomic E-state index is 11.4.